The number of aryl methyl sites for hydroxylation is 2. The number of rotatable bonds is 2. The van der Waals surface area contributed by atoms with Gasteiger partial charge in [-0.2, -0.15) is 0 Å². The van der Waals surface area contributed by atoms with Crippen LogP contribution in [0, 0.1) is 13.8 Å². The lowest BCUT2D eigenvalue weighted by Gasteiger charge is -2.03. The number of carbonyl (C=O) groups excluding carboxylic acids is 1. The average molecular weight is 251 g/mol. The van der Waals surface area contributed by atoms with Gasteiger partial charge in [0.15, 0.2) is 17.8 Å². The largest absolute Gasteiger partial charge is 0.298 e. The van der Waals surface area contributed by atoms with E-state index < -0.39 is 0 Å². The molecule has 0 aliphatic rings. The van der Waals surface area contributed by atoms with Crippen LogP contribution >= 0.6 is 0 Å². The molecule has 0 aliphatic carbocycles. The molecule has 0 atom stereocenters. The van der Waals surface area contributed by atoms with Gasteiger partial charge in [-0.25, -0.2) is 0 Å². The summed E-state index contributed by atoms with van der Waals surface area (Å²) in [6.07, 6.45) is 2.64. The minimum atomic E-state index is 0.654. The summed E-state index contributed by atoms with van der Waals surface area (Å²) in [6.45, 7) is 3.93. The summed E-state index contributed by atoms with van der Waals surface area (Å²) < 4.78 is 1.85. The zero-order valence-electron chi connectivity index (χ0n) is 10.8. The number of pyridine rings is 1. The summed E-state index contributed by atoms with van der Waals surface area (Å²) in [5.74, 6) is 0.752. The Kier molecular flexibility index (Phi) is 2.63. The third kappa shape index (κ3) is 1.91. The van der Waals surface area contributed by atoms with Crippen LogP contribution in [0.15, 0.2) is 36.5 Å². The van der Waals surface area contributed by atoms with Crippen LogP contribution in [-0.4, -0.2) is 20.9 Å². The molecule has 2 aromatic heterocycles. The molecular formula is C15H13N3O. The van der Waals surface area contributed by atoms with E-state index in [1.54, 1.807) is 6.20 Å². The van der Waals surface area contributed by atoms with E-state index in [-0.39, 0.29) is 0 Å². The average Bonchev–Trinajstić information content (AvgIpc) is 2.80. The van der Waals surface area contributed by atoms with Crippen LogP contribution < -0.4 is 0 Å². The first-order chi connectivity index (χ1) is 9.19. The first-order valence-corrected chi connectivity index (χ1v) is 6.06. The van der Waals surface area contributed by atoms with E-state index in [0.29, 0.717) is 5.56 Å². The van der Waals surface area contributed by atoms with Gasteiger partial charge in [0.2, 0.25) is 0 Å². The van der Waals surface area contributed by atoms with Crippen molar-refractivity contribution in [1.82, 2.24) is 14.6 Å². The first kappa shape index (κ1) is 11.6. The Hall–Kier alpha value is -2.49. The maximum atomic E-state index is 11.0. The number of aromatic nitrogens is 3. The summed E-state index contributed by atoms with van der Waals surface area (Å²) in [6, 6.07) is 9.94. The van der Waals surface area contributed by atoms with Crippen LogP contribution in [0.4, 0.5) is 0 Å². The summed E-state index contributed by atoms with van der Waals surface area (Å²) in [4.78, 5) is 11.0. The van der Waals surface area contributed by atoms with Crippen molar-refractivity contribution in [2.45, 2.75) is 13.8 Å². The minimum absolute atomic E-state index is 0.654. The number of fused-ring (bicyclic) bond motifs is 1. The second-order valence-electron chi connectivity index (χ2n) is 4.65. The molecule has 19 heavy (non-hydrogen) atoms. The second-order valence-corrected chi connectivity index (χ2v) is 4.65. The summed E-state index contributed by atoms with van der Waals surface area (Å²) >= 11 is 0. The highest BCUT2D eigenvalue weighted by Gasteiger charge is 2.10. The molecule has 94 valence electrons. The van der Waals surface area contributed by atoms with Gasteiger partial charge in [0.25, 0.3) is 0 Å². The van der Waals surface area contributed by atoms with Crippen molar-refractivity contribution in [1.29, 1.82) is 0 Å². The fraction of sp³-hybridized carbons (Fsp3) is 0.133. The Morgan fingerprint density at radius 2 is 2.00 bits per heavy atom. The van der Waals surface area contributed by atoms with Gasteiger partial charge < -0.3 is 0 Å². The predicted molar refractivity (Wildman–Crippen MR) is 73.3 cm³/mol. The molecule has 0 unspecified atom stereocenters. The maximum Gasteiger partial charge on any atom is 0.168 e. The number of carbonyl (C=O) groups is 1. The lowest BCUT2D eigenvalue weighted by molar-refractivity contribution is 0.112. The highest BCUT2D eigenvalue weighted by atomic mass is 16.1. The highest BCUT2D eigenvalue weighted by Crippen LogP contribution is 2.20. The molecule has 0 bridgehead atoms. The molecule has 0 saturated heterocycles. The molecule has 4 heteroatoms. The van der Waals surface area contributed by atoms with E-state index >= 15 is 0 Å². The number of aldehydes is 1. The van der Waals surface area contributed by atoms with E-state index in [9.17, 15) is 4.79 Å². The third-order valence-electron chi connectivity index (χ3n) is 3.19. The summed E-state index contributed by atoms with van der Waals surface area (Å²) in [7, 11) is 0. The Balaban J connectivity index is 2.28. The fourth-order valence-corrected chi connectivity index (χ4v) is 2.15. The third-order valence-corrected chi connectivity index (χ3v) is 3.19. The van der Waals surface area contributed by atoms with Gasteiger partial charge >= 0.3 is 0 Å². The number of nitrogens with zero attached hydrogens (tertiary/aromatic N) is 3. The molecule has 0 fully saturated rings. The van der Waals surface area contributed by atoms with Crippen molar-refractivity contribution in [3.05, 3.63) is 53.2 Å². The highest BCUT2D eigenvalue weighted by molar-refractivity contribution is 5.78. The van der Waals surface area contributed by atoms with E-state index in [1.165, 1.54) is 0 Å². The second kappa shape index (κ2) is 4.31. The minimum Gasteiger partial charge on any atom is -0.298 e. The van der Waals surface area contributed by atoms with Crippen LogP contribution in [0.5, 0.6) is 0 Å². The van der Waals surface area contributed by atoms with Crippen LogP contribution in [0.3, 0.4) is 0 Å². The molecule has 1 aromatic carbocycles. The molecule has 0 saturated carbocycles. The number of hydrogen-bond donors (Lipinski definition) is 0. The van der Waals surface area contributed by atoms with Gasteiger partial charge in [0.05, 0.1) is 0 Å². The maximum absolute atomic E-state index is 11.0. The van der Waals surface area contributed by atoms with Crippen LogP contribution in [0.1, 0.15) is 21.5 Å². The molecule has 2 heterocycles. The Morgan fingerprint density at radius 3 is 2.74 bits per heavy atom. The van der Waals surface area contributed by atoms with Gasteiger partial charge in [-0.1, -0.05) is 23.8 Å². The number of benzene rings is 1. The Bertz CT molecular complexity index is 774. The van der Waals surface area contributed by atoms with Gasteiger partial charge in [-0.3, -0.25) is 9.20 Å². The van der Waals surface area contributed by atoms with Gasteiger partial charge in [0.1, 0.15) is 0 Å². The summed E-state index contributed by atoms with van der Waals surface area (Å²) in [5, 5.41) is 8.38. The van der Waals surface area contributed by atoms with Gasteiger partial charge in [-0.05, 0) is 31.5 Å². The van der Waals surface area contributed by atoms with Gasteiger partial charge in [0, 0.05) is 17.3 Å². The molecule has 0 N–H and O–H groups in total. The zero-order chi connectivity index (χ0) is 13.4. The quantitative estimate of drug-likeness (QED) is 0.658. The molecule has 0 radical (unpaired) electrons. The molecule has 0 aliphatic heterocycles. The van der Waals surface area contributed by atoms with Crippen LogP contribution in [0.25, 0.3) is 17.0 Å². The van der Waals surface area contributed by atoms with Crippen molar-refractivity contribution in [2.24, 2.45) is 0 Å². The molecule has 3 aromatic rings. The molecule has 3 rings (SSSR count). The Morgan fingerprint density at radius 1 is 1.16 bits per heavy atom. The van der Waals surface area contributed by atoms with Crippen molar-refractivity contribution in [2.75, 3.05) is 0 Å². The Labute approximate surface area is 110 Å². The zero-order valence-corrected chi connectivity index (χ0v) is 10.8. The van der Waals surface area contributed by atoms with Crippen molar-refractivity contribution < 1.29 is 4.79 Å². The standard InChI is InChI=1S/C15H13N3O/c1-10-4-3-5-12(6-10)15-17-16-14-7-11(2)13(9-19)8-18(14)15/h3-9H,1-2H3. The predicted octanol–water partition coefficient (Wildman–Crippen LogP) is 2.83. The molecule has 0 spiro atoms. The first-order valence-electron chi connectivity index (χ1n) is 6.06. The van der Waals surface area contributed by atoms with E-state index in [0.717, 1.165) is 34.4 Å². The van der Waals surface area contributed by atoms with Crippen molar-refractivity contribution in [3.8, 4) is 11.4 Å². The van der Waals surface area contributed by atoms with Gasteiger partial charge in [-0.15, -0.1) is 10.2 Å². The lowest BCUT2D eigenvalue weighted by Crippen LogP contribution is -1.95. The van der Waals surface area contributed by atoms with Crippen LogP contribution in [-0.2, 0) is 0 Å². The molecule has 0 amide bonds. The number of hydrogen-bond acceptors (Lipinski definition) is 3. The fourth-order valence-electron chi connectivity index (χ4n) is 2.15. The van der Waals surface area contributed by atoms with Crippen molar-refractivity contribution >= 4 is 11.9 Å². The lowest BCUT2D eigenvalue weighted by atomic mass is 10.1. The SMILES string of the molecule is Cc1cccc(-c2nnc3cc(C)c(C=O)cn23)c1. The van der Waals surface area contributed by atoms with E-state index in [1.807, 2.05) is 42.5 Å². The van der Waals surface area contributed by atoms with E-state index in [2.05, 4.69) is 16.3 Å². The van der Waals surface area contributed by atoms with E-state index in [4.69, 9.17) is 0 Å². The molecular weight excluding hydrogens is 238 g/mol. The van der Waals surface area contributed by atoms with Crippen LogP contribution in [0.2, 0.25) is 0 Å². The normalized spacial score (nSPS) is 10.8. The topological polar surface area (TPSA) is 47.3 Å². The monoisotopic (exact) mass is 251 g/mol. The molecule has 4 nitrogen and oxygen atoms in total. The van der Waals surface area contributed by atoms with Crippen molar-refractivity contribution in [3.63, 3.8) is 0 Å². The smallest absolute Gasteiger partial charge is 0.168 e. The summed E-state index contributed by atoms with van der Waals surface area (Å²) in [5.41, 5.74) is 4.47.